The van der Waals surface area contributed by atoms with Crippen LogP contribution in [0.4, 0.5) is 0 Å². The number of carbonyl (C=O) groups is 2. The number of hydrogen-bond donors (Lipinski definition) is 1. The van der Waals surface area contributed by atoms with E-state index in [9.17, 15) is 14.9 Å². The van der Waals surface area contributed by atoms with E-state index in [0.717, 1.165) is 11.1 Å². The number of ether oxygens (including phenoxy) is 1. The maximum Gasteiger partial charge on any atom is 0.330 e. The van der Waals surface area contributed by atoms with Crippen molar-refractivity contribution in [3.05, 3.63) is 102 Å². The lowest BCUT2D eigenvalue weighted by Gasteiger charge is -2.07. The third-order valence-corrected chi connectivity index (χ3v) is 4.06. The molecule has 0 unspecified atom stereocenters. The summed E-state index contributed by atoms with van der Waals surface area (Å²) < 4.78 is 5.23. The molecule has 0 aliphatic heterocycles. The predicted molar refractivity (Wildman–Crippen MR) is 111 cm³/mol. The Morgan fingerprint density at radius 3 is 2.03 bits per heavy atom. The van der Waals surface area contributed by atoms with Gasteiger partial charge in [-0.3, -0.25) is 4.79 Å². The highest BCUT2D eigenvalue weighted by Crippen LogP contribution is 2.19. The first-order chi connectivity index (χ1) is 14.2. The van der Waals surface area contributed by atoms with Crippen molar-refractivity contribution in [3.63, 3.8) is 0 Å². The molecule has 3 rings (SSSR count). The van der Waals surface area contributed by atoms with Crippen molar-refractivity contribution in [1.82, 2.24) is 5.32 Å². The zero-order valence-electron chi connectivity index (χ0n) is 15.5. The van der Waals surface area contributed by atoms with Gasteiger partial charge >= 0.3 is 5.97 Å². The molecule has 142 valence electrons. The second kappa shape index (κ2) is 9.67. The summed E-state index contributed by atoms with van der Waals surface area (Å²) in [5, 5.41) is 11.9. The van der Waals surface area contributed by atoms with Crippen LogP contribution in [0.5, 0.6) is 5.75 Å². The Morgan fingerprint density at radius 2 is 1.45 bits per heavy atom. The Morgan fingerprint density at radius 1 is 0.862 bits per heavy atom. The molecular weight excluding hydrogens is 364 g/mol. The fraction of sp³-hybridized carbons (Fsp3) is 0.0417. The summed E-state index contributed by atoms with van der Waals surface area (Å²) >= 11 is 0. The average molecular weight is 382 g/mol. The van der Waals surface area contributed by atoms with Gasteiger partial charge in [0.25, 0.3) is 5.91 Å². The predicted octanol–water partition coefficient (Wildman–Crippen LogP) is 4.09. The first-order valence-electron chi connectivity index (χ1n) is 8.97. The van der Waals surface area contributed by atoms with Crippen molar-refractivity contribution in [2.45, 2.75) is 0 Å². The van der Waals surface area contributed by atoms with Gasteiger partial charge in [-0.1, -0.05) is 60.7 Å². The Bertz CT molecular complexity index is 1050. The van der Waals surface area contributed by atoms with Gasteiger partial charge in [0, 0.05) is 5.56 Å². The summed E-state index contributed by atoms with van der Waals surface area (Å²) in [7, 11) is 0. The third kappa shape index (κ3) is 5.65. The van der Waals surface area contributed by atoms with Crippen molar-refractivity contribution >= 4 is 23.5 Å². The summed E-state index contributed by atoms with van der Waals surface area (Å²) in [5.74, 6) is -0.549. The molecule has 0 aromatic heterocycles. The van der Waals surface area contributed by atoms with E-state index in [4.69, 9.17) is 4.74 Å². The lowest BCUT2D eigenvalue weighted by molar-refractivity contribution is -0.133. The summed E-state index contributed by atoms with van der Waals surface area (Å²) in [6, 6.07) is 27.0. The summed E-state index contributed by atoms with van der Waals surface area (Å²) in [6.45, 7) is -0.234. The molecule has 0 spiro atoms. The molecule has 0 fully saturated rings. The van der Waals surface area contributed by atoms with E-state index >= 15 is 0 Å². The maximum atomic E-state index is 12.0. The quantitative estimate of drug-likeness (QED) is 0.301. The fourth-order valence-electron chi connectivity index (χ4n) is 2.61. The number of amides is 1. The molecule has 0 aliphatic carbocycles. The second-order valence-electron chi connectivity index (χ2n) is 6.13. The van der Waals surface area contributed by atoms with Crippen LogP contribution in [-0.4, -0.2) is 18.4 Å². The van der Waals surface area contributed by atoms with Crippen molar-refractivity contribution in [3.8, 4) is 11.8 Å². The molecule has 0 atom stereocenters. The maximum absolute atomic E-state index is 12.0. The largest absolute Gasteiger partial charge is 0.425 e. The second-order valence-corrected chi connectivity index (χ2v) is 6.13. The number of nitriles is 1. The first kappa shape index (κ1) is 19.6. The van der Waals surface area contributed by atoms with Gasteiger partial charge in [0.2, 0.25) is 0 Å². The lowest BCUT2D eigenvalue weighted by atomic mass is 10.0. The van der Waals surface area contributed by atoms with E-state index in [0.29, 0.717) is 16.9 Å². The molecular formula is C24H18N2O3. The smallest absolute Gasteiger partial charge is 0.330 e. The van der Waals surface area contributed by atoms with Gasteiger partial charge in [-0.05, 0) is 41.5 Å². The molecule has 0 aliphatic rings. The van der Waals surface area contributed by atoms with Gasteiger partial charge in [-0.25, -0.2) is 4.79 Å². The van der Waals surface area contributed by atoms with Gasteiger partial charge in [-0.2, -0.15) is 5.26 Å². The van der Waals surface area contributed by atoms with Crippen molar-refractivity contribution in [2.75, 3.05) is 6.54 Å². The molecule has 0 heterocycles. The Hall–Kier alpha value is -4.17. The number of hydrogen-bond acceptors (Lipinski definition) is 4. The van der Waals surface area contributed by atoms with E-state index in [2.05, 4.69) is 11.4 Å². The Kier molecular flexibility index (Phi) is 6.53. The number of nitrogens with zero attached hydrogens (tertiary/aromatic N) is 1. The fourth-order valence-corrected chi connectivity index (χ4v) is 2.61. The molecule has 0 saturated carbocycles. The van der Waals surface area contributed by atoms with Gasteiger partial charge < -0.3 is 10.1 Å². The highest BCUT2D eigenvalue weighted by Gasteiger charge is 2.09. The topological polar surface area (TPSA) is 79.2 Å². The van der Waals surface area contributed by atoms with Crippen LogP contribution in [0.1, 0.15) is 21.5 Å². The van der Waals surface area contributed by atoms with Crippen LogP contribution < -0.4 is 10.1 Å². The van der Waals surface area contributed by atoms with Crippen LogP contribution in [0.2, 0.25) is 0 Å². The number of allylic oxidation sites excluding steroid dienone is 1. The molecule has 29 heavy (non-hydrogen) atoms. The highest BCUT2D eigenvalue weighted by atomic mass is 16.5. The Labute approximate surface area is 168 Å². The SMILES string of the molecule is N#C/C(=C/c1ccc(OC(=O)CNC(=O)c2ccccc2)cc1)c1ccccc1. The molecule has 3 aromatic carbocycles. The summed E-state index contributed by atoms with van der Waals surface area (Å²) in [4.78, 5) is 23.9. The molecule has 0 saturated heterocycles. The minimum Gasteiger partial charge on any atom is -0.425 e. The standard InChI is InChI=1S/C24H18N2O3/c25-16-21(19-7-3-1-4-8-19)15-18-11-13-22(14-12-18)29-23(27)17-26-24(28)20-9-5-2-6-10-20/h1-15H,17H2,(H,26,28)/b21-15-. The minimum absolute atomic E-state index is 0.234. The van der Waals surface area contributed by atoms with Gasteiger partial charge in [-0.15, -0.1) is 0 Å². The van der Waals surface area contributed by atoms with E-state index in [1.165, 1.54) is 0 Å². The number of nitrogens with one attached hydrogen (secondary N) is 1. The van der Waals surface area contributed by atoms with E-state index in [1.807, 2.05) is 36.4 Å². The van der Waals surface area contributed by atoms with Crippen LogP contribution in [0.25, 0.3) is 11.6 Å². The summed E-state index contributed by atoms with van der Waals surface area (Å²) in [6.07, 6.45) is 1.76. The van der Waals surface area contributed by atoms with Crippen molar-refractivity contribution in [1.29, 1.82) is 5.26 Å². The first-order valence-corrected chi connectivity index (χ1v) is 8.97. The molecule has 0 radical (unpaired) electrons. The zero-order valence-corrected chi connectivity index (χ0v) is 15.5. The van der Waals surface area contributed by atoms with Crippen molar-refractivity contribution in [2.24, 2.45) is 0 Å². The van der Waals surface area contributed by atoms with Crippen molar-refractivity contribution < 1.29 is 14.3 Å². The molecule has 1 amide bonds. The van der Waals surface area contributed by atoms with Gasteiger partial charge in [0.05, 0.1) is 11.6 Å². The molecule has 5 nitrogen and oxygen atoms in total. The van der Waals surface area contributed by atoms with Gasteiger partial charge in [0.15, 0.2) is 0 Å². The van der Waals surface area contributed by atoms with Crippen LogP contribution in [0.3, 0.4) is 0 Å². The zero-order chi connectivity index (χ0) is 20.5. The van der Waals surface area contributed by atoms with Gasteiger partial charge in [0.1, 0.15) is 12.3 Å². The molecule has 3 aromatic rings. The van der Waals surface area contributed by atoms with E-state index in [-0.39, 0.29) is 12.5 Å². The monoisotopic (exact) mass is 382 g/mol. The van der Waals surface area contributed by atoms with E-state index in [1.54, 1.807) is 54.6 Å². The average Bonchev–Trinajstić information content (AvgIpc) is 2.78. The minimum atomic E-state index is -0.570. The number of carbonyl (C=O) groups excluding carboxylic acids is 2. The van der Waals surface area contributed by atoms with Crippen LogP contribution in [-0.2, 0) is 4.79 Å². The third-order valence-electron chi connectivity index (χ3n) is 4.06. The number of rotatable bonds is 6. The molecule has 5 heteroatoms. The van der Waals surface area contributed by atoms with E-state index < -0.39 is 5.97 Å². The van der Waals surface area contributed by atoms with Crippen LogP contribution >= 0.6 is 0 Å². The number of esters is 1. The molecule has 1 N–H and O–H groups in total. The normalized spacial score (nSPS) is 10.7. The Balaban J connectivity index is 1.57. The lowest BCUT2D eigenvalue weighted by Crippen LogP contribution is -2.31. The molecule has 0 bridgehead atoms. The highest BCUT2D eigenvalue weighted by molar-refractivity contribution is 5.96. The summed E-state index contributed by atoms with van der Waals surface area (Å²) in [5.41, 5.74) is 2.66. The van der Waals surface area contributed by atoms with Crippen LogP contribution in [0, 0.1) is 11.3 Å². The van der Waals surface area contributed by atoms with Crippen LogP contribution in [0.15, 0.2) is 84.9 Å². The number of benzene rings is 3.